The van der Waals surface area contributed by atoms with E-state index in [4.69, 9.17) is 0 Å². The van der Waals surface area contributed by atoms with E-state index in [0.29, 0.717) is 0 Å². The highest BCUT2D eigenvalue weighted by atomic mass is 32.1. The average molecular weight is 752 g/mol. The van der Waals surface area contributed by atoms with Crippen molar-refractivity contribution in [1.82, 2.24) is 0 Å². The molecule has 0 N–H and O–H groups in total. The minimum absolute atomic E-state index is 1.13. The molecular weight excluding hydrogens is 707 g/mol. The predicted octanol–water partition coefficient (Wildman–Crippen LogP) is 16.4. The summed E-state index contributed by atoms with van der Waals surface area (Å²) in [6.07, 6.45) is 6.94. The molecule has 8 aromatic carbocycles. The minimum Gasteiger partial charge on any atom is -0.310 e. The zero-order chi connectivity index (χ0) is 38.7. The van der Waals surface area contributed by atoms with Gasteiger partial charge in [-0.2, -0.15) is 0 Å². The Morgan fingerprint density at radius 1 is 0.456 bits per heavy atom. The molecular formula is C55H45NS. The molecule has 0 saturated heterocycles. The van der Waals surface area contributed by atoms with Gasteiger partial charge >= 0.3 is 0 Å². The van der Waals surface area contributed by atoms with Crippen LogP contribution in [0.5, 0.6) is 0 Å². The van der Waals surface area contributed by atoms with Crippen molar-refractivity contribution in [2.45, 2.75) is 33.6 Å². The van der Waals surface area contributed by atoms with Gasteiger partial charge in [0.2, 0.25) is 0 Å². The molecule has 0 amide bonds. The first-order valence-corrected chi connectivity index (χ1v) is 20.7. The molecule has 1 nitrogen and oxygen atoms in total. The van der Waals surface area contributed by atoms with Crippen LogP contribution in [0.3, 0.4) is 0 Å². The summed E-state index contributed by atoms with van der Waals surface area (Å²) in [7, 11) is 0. The van der Waals surface area contributed by atoms with Gasteiger partial charge in [-0.1, -0.05) is 157 Å². The molecule has 0 bridgehead atoms. The third kappa shape index (κ3) is 7.45. The van der Waals surface area contributed by atoms with Crippen LogP contribution >= 0.6 is 11.3 Å². The maximum absolute atomic E-state index is 2.39. The van der Waals surface area contributed by atoms with E-state index in [-0.39, 0.29) is 0 Å². The average Bonchev–Trinajstić information content (AvgIpc) is 3.63. The first-order valence-electron chi connectivity index (χ1n) is 19.9. The second-order valence-electron chi connectivity index (χ2n) is 15.1. The van der Waals surface area contributed by atoms with Crippen LogP contribution in [0.2, 0.25) is 0 Å². The number of anilines is 3. The van der Waals surface area contributed by atoms with E-state index in [9.17, 15) is 0 Å². The van der Waals surface area contributed by atoms with Crippen LogP contribution < -0.4 is 4.90 Å². The summed E-state index contributed by atoms with van der Waals surface area (Å²) in [5.41, 5.74) is 15.3. The number of hydrogen-bond acceptors (Lipinski definition) is 2. The maximum Gasteiger partial charge on any atom is 0.0468 e. The minimum atomic E-state index is 1.13. The van der Waals surface area contributed by atoms with Crippen molar-refractivity contribution in [2.24, 2.45) is 0 Å². The van der Waals surface area contributed by atoms with E-state index in [1.54, 1.807) is 0 Å². The molecule has 1 aromatic heterocycles. The smallest absolute Gasteiger partial charge is 0.0468 e. The molecule has 10 rings (SSSR count). The highest BCUT2D eigenvalue weighted by Gasteiger charge is 2.16. The lowest BCUT2D eigenvalue weighted by Crippen LogP contribution is -2.10. The Bertz CT molecular complexity index is 2920. The lowest BCUT2D eigenvalue weighted by molar-refractivity contribution is 0.967. The Kier molecular flexibility index (Phi) is 10.1. The Balaban J connectivity index is 0.000000255. The van der Waals surface area contributed by atoms with Gasteiger partial charge in [-0.15, -0.1) is 11.3 Å². The predicted molar refractivity (Wildman–Crippen MR) is 249 cm³/mol. The number of nitrogens with zero attached hydrogens (tertiary/aromatic N) is 1. The molecule has 1 aliphatic carbocycles. The Morgan fingerprint density at radius 2 is 1.11 bits per heavy atom. The van der Waals surface area contributed by atoms with Crippen LogP contribution in [-0.2, 0) is 0 Å². The Morgan fingerprint density at radius 3 is 1.93 bits per heavy atom. The highest BCUT2D eigenvalue weighted by molar-refractivity contribution is 7.25. The van der Waals surface area contributed by atoms with Gasteiger partial charge in [-0.3, -0.25) is 0 Å². The number of allylic oxidation sites excluding steroid dienone is 4. The monoisotopic (exact) mass is 751 g/mol. The van der Waals surface area contributed by atoms with Crippen molar-refractivity contribution < 1.29 is 0 Å². The van der Waals surface area contributed by atoms with E-state index in [1.807, 2.05) is 11.3 Å². The molecule has 1 aliphatic rings. The quantitative estimate of drug-likeness (QED) is 0.164. The topological polar surface area (TPSA) is 3.24 Å². The second kappa shape index (κ2) is 15.9. The van der Waals surface area contributed by atoms with Gasteiger partial charge in [0.25, 0.3) is 0 Å². The third-order valence-electron chi connectivity index (χ3n) is 11.2. The van der Waals surface area contributed by atoms with Crippen molar-refractivity contribution in [1.29, 1.82) is 0 Å². The fourth-order valence-electron chi connectivity index (χ4n) is 8.11. The third-order valence-corrected chi connectivity index (χ3v) is 12.4. The molecule has 0 unspecified atom stereocenters. The number of aryl methyl sites for hydroxylation is 2. The van der Waals surface area contributed by atoms with Gasteiger partial charge in [-0.25, -0.2) is 0 Å². The van der Waals surface area contributed by atoms with Crippen molar-refractivity contribution in [3.05, 3.63) is 216 Å². The number of rotatable bonds is 6. The van der Waals surface area contributed by atoms with Crippen LogP contribution in [-0.4, -0.2) is 0 Å². The number of fused-ring (bicyclic) bond motifs is 4. The van der Waals surface area contributed by atoms with E-state index >= 15 is 0 Å². The van der Waals surface area contributed by atoms with Crippen LogP contribution in [0, 0.1) is 13.8 Å². The highest BCUT2D eigenvalue weighted by Crippen LogP contribution is 2.42. The van der Waals surface area contributed by atoms with Gasteiger partial charge in [0, 0.05) is 37.2 Å². The summed E-state index contributed by atoms with van der Waals surface area (Å²) in [6, 6.07) is 66.1. The van der Waals surface area contributed by atoms with Gasteiger partial charge < -0.3 is 4.90 Å². The van der Waals surface area contributed by atoms with Crippen molar-refractivity contribution in [3.63, 3.8) is 0 Å². The molecule has 9 aromatic rings. The lowest BCUT2D eigenvalue weighted by atomic mass is 9.91. The summed E-state index contributed by atoms with van der Waals surface area (Å²) in [4.78, 5) is 2.39. The lowest BCUT2D eigenvalue weighted by Gasteiger charge is -2.26. The molecule has 0 fully saturated rings. The zero-order valence-electron chi connectivity index (χ0n) is 32.7. The standard InChI is InChI=1S/C41H29NS.C14H16/c1-28-16-18-29(19-17-28)32-10-6-11-34(26-32)42(35-24-25-41-39(27-35)38-13-4-5-15-40(38)43-41)33-22-20-31(21-23-33)37-14-7-9-30-8-2-3-12-36(30)37;1-11-7-3-5-9-13(11)14-10-6-4-8-12(14)2/h2-27H,1H3;3,5-7,9-10H,4,8H2,1-2H3. The van der Waals surface area contributed by atoms with Gasteiger partial charge in [0.05, 0.1) is 0 Å². The molecule has 2 heteroatoms. The van der Waals surface area contributed by atoms with Crippen molar-refractivity contribution in [3.8, 4) is 22.3 Å². The number of benzene rings is 8. The van der Waals surface area contributed by atoms with E-state index in [2.05, 4.69) is 220 Å². The molecule has 0 spiro atoms. The van der Waals surface area contributed by atoms with Crippen molar-refractivity contribution >= 4 is 64.9 Å². The Labute approximate surface area is 340 Å². The first-order chi connectivity index (χ1) is 28.0. The van der Waals surface area contributed by atoms with E-state index in [1.165, 1.54) is 93.9 Å². The number of thiophene rings is 1. The number of hydrogen-bond donors (Lipinski definition) is 0. The molecule has 0 saturated carbocycles. The summed E-state index contributed by atoms with van der Waals surface area (Å²) >= 11 is 1.86. The van der Waals surface area contributed by atoms with Crippen molar-refractivity contribution in [2.75, 3.05) is 4.90 Å². The molecule has 1 heterocycles. The van der Waals surface area contributed by atoms with Crippen LogP contribution in [0.4, 0.5) is 17.1 Å². The fourth-order valence-corrected chi connectivity index (χ4v) is 9.20. The first kappa shape index (κ1) is 36.2. The summed E-state index contributed by atoms with van der Waals surface area (Å²) in [5.74, 6) is 0. The molecule has 276 valence electrons. The SMILES string of the molecule is CC1=C(c2ccccc2C)C=CCC1.Cc1ccc(-c2cccc(N(c3ccc(-c4cccc5ccccc45)cc3)c3ccc4sc5ccccc5c4c3)c2)cc1. The van der Waals surface area contributed by atoms with Gasteiger partial charge in [0.15, 0.2) is 0 Å². The van der Waals surface area contributed by atoms with Crippen LogP contribution in [0.1, 0.15) is 36.5 Å². The van der Waals surface area contributed by atoms with Gasteiger partial charge in [-0.05, 0) is 132 Å². The van der Waals surface area contributed by atoms with E-state index in [0.717, 1.165) is 17.1 Å². The van der Waals surface area contributed by atoms with Gasteiger partial charge in [0.1, 0.15) is 0 Å². The summed E-state index contributed by atoms with van der Waals surface area (Å²) in [5, 5.41) is 5.14. The van der Waals surface area contributed by atoms with E-state index < -0.39 is 0 Å². The van der Waals surface area contributed by atoms with Crippen LogP contribution in [0.25, 0.3) is 58.8 Å². The maximum atomic E-state index is 2.39. The molecule has 0 atom stereocenters. The molecule has 0 radical (unpaired) electrons. The summed E-state index contributed by atoms with van der Waals surface area (Å²) in [6.45, 7) is 6.55. The van der Waals surface area contributed by atoms with Crippen LogP contribution in [0.15, 0.2) is 200 Å². The summed E-state index contributed by atoms with van der Waals surface area (Å²) < 4.78 is 2.63. The largest absolute Gasteiger partial charge is 0.310 e. The zero-order valence-corrected chi connectivity index (χ0v) is 33.6. The second-order valence-corrected chi connectivity index (χ2v) is 16.1. The fraction of sp³-hybridized carbons (Fsp3) is 0.0909. The normalized spacial score (nSPS) is 12.5. The molecule has 0 aliphatic heterocycles. The Hall–Kier alpha value is -6.48. The molecule has 57 heavy (non-hydrogen) atoms.